The molecule has 0 aliphatic heterocycles. The predicted molar refractivity (Wildman–Crippen MR) is 57.5 cm³/mol. The van der Waals surface area contributed by atoms with Crippen LogP contribution in [0.4, 0.5) is 0 Å². The number of hydrogen-bond donors (Lipinski definition) is 0. The molecule has 0 saturated carbocycles. The van der Waals surface area contributed by atoms with E-state index in [-0.39, 0.29) is 4.75 Å². The van der Waals surface area contributed by atoms with Gasteiger partial charge in [0.05, 0.1) is 11.0 Å². The summed E-state index contributed by atoms with van der Waals surface area (Å²) in [5.41, 5.74) is 0. The first-order valence-corrected chi connectivity index (χ1v) is 5.34. The van der Waals surface area contributed by atoms with Crippen molar-refractivity contribution in [3.63, 3.8) is 0 Å². The zero-order chi connectivity index (χ0) is 10.6. The molecule has 1 heterocycles. The monoisotopic (exact) mass is 211 g/mol. The maximum Gasteiger partial charge on any atom is 0.171 e. The normalized spacial score (nSPS) is 14.5. The van der Waals surface area contributed by atoms with E-state index in [1.165, 1.54) is 6.21 Å². The van der Waals surface area contributed by atoms with Crippen molar-refractivity contribution in [2.75, 3.05) is 0 Å². The van der Waals surface area contributed by atoms with Crippen LogP contribution in [0.15, 0.2) is 22.9 Å². The first kappa shape index (κ1) is 11.0. The third-order valence-electron chi connectivity index (χ3n) is 1.37. The van der Waals surface area contributed by atoms with Gasteiger partial charge in [-0.3, -0.25) is 0 Å². The third kappa shape index (κ3) is 3.33. The second kappa shape index (κ2) is 4.41. The van der Waals surface area contributed by atoms with Crippen LogP contribution in [-0.2, 0) is 11.0 Å². The Balaban J connectivity index is 2.71. The van der Waals surface area contributed by atoms with Gasteiger partial charge in [0.15, 0.2) is 5.82 Å². The van der Waals surface area contributed by atoms with Gasteiger partial charge in [-0.25, -0.2) is 14.2 Å². The number of aromatic nitrogens is 2. The molecule has 0 spiro atoms. The Kier molecular flexibility index (Phi) is 3.46. The molecular formula is C9H13N3OS. The molecule has 0 bridgehead atoms. The lowest BCUT2D eigenvalue weighted by Crippen LogP contribution is -2.19. The van der Waals surface area contributed by atoms with Gasteiger partial charge in [0.1, 0.15) is 11.0 Å². The van der Waals surface area contributed by atoms with Gasteiger partial charge in [0.2, 0.25) is 0 Å². The highest BCUT2D eigenvalue weighted by Crippen LogP contribution is 2.11. The van der Waals surface area contributed by atoms with Gasteiger partial charge >= 0.3 is 0 Å². The Bertz CT molecular complexity index is 343. The van der Waals surface area contributed by atoms with Crippen LogP contribution in [-0.4, -0.2) is 25.1 Å². The number of hydrogen-bond acceptors (Lipinski definition) is 3. The lowest BCUT2D eigenvalue weighted by molar-refractivity contribution is 0.651. The summed E-state index contributed by atoms with van der Waals surface area (Å²) >= 11 is 0. The first-order chi connectivity index (χ1) is 6.50. The standard InChI is InChI=1S/C9H13N3OS/c1-9(2,3)14(13)12-7-8-10-5-4-6-11-8/h4-7H,1-3H3/b12-7+/t14-/m0/s1. The van der Waals surface area contributed by atoms with Crippen LogP contribution < -0.4 is 0 Å². The second-order valence-corrected chi connectivity index (χ2v) is 5.64. The molecule has 0 N–H and O–H groups in total. The Morgan fingerprint density at radius 2 is 1.93 bits per heavy atom. The SMILES string of the molecule is CC(C)(C)[S@](=O)/N=C/c1ncccn1. The van der Waals surface area contributed by atoms with Crippen molar-refractivity contribution in [2.45, 2.75) is 25.5 Å². The van der Waals surface area contributed by atoms with E-state index in [1.807, 2.05) is 20.8 Å². The lowest BCUT2D eigenvalue weighted by atomic mass is 10.3. The molecule has 0 aliphatic carbocycles. The maximum atomic E-state index is 11.5. The van der Waals surface area contributed by atoms with Crippen LogP contribution in [0.25, 0.3) is 0 Å². The topological polar surface area (TPSA) is 55.2 Å². The van der Waals surface area contributed by atoms with E-state index in [1.54, 1.807) is 18.5 Å². The van der Waals surface area contributed by atoms with E-state index in [0.29, 0.717) is 5.82 Å². The largest absolute Gasteiger partial charge is 0.236 e. The van der Waals surface area contributed by atoms with Crippen molar-refractivity contribution in [3.8, 4) is 0 Å². The maximum absolute atomic E-state index is 11.5. The Hall–Kier alpha value is -1.10. The van der Waals surface area contributed by atoms with Crippen molar-refractivity contribution in [1.29, 1.82) is 0 Å². The van der Waals surface area contributed by atoms with E-state index < -0.39 is 11.0 Å². The molecule has 0 fully saturated rings. The molecule has 14 heavy (non-hydrogen) atoms. The minimum absolute atomic E-state index is 0.342. The van der Waals surface area contributed by atoms with Gasteiger partial charge in [0, 0.05) is 12.4 Å². The van der Waals surface area contributed by atoms with Crippen LogP contribution in [0.1, 0.15) is 26.6 Å². The summed E-state index contributed by atoms with van der Waals surface area (Å²) in [4.78, 5) is 7.88. The van der Waals surface area contributed by atoms with Crippen LogP contribution >= 0.6 is 0 Å². The Labute approximate surface area is 86.1 Å². The molecular weight excluding hydrogens is 198 g/mol. The minimum atomic E-state index is -1.25. The average Bonchev–Trinajstić information content (AvgIpc) is 2.14. The summed E-state index contributed by atoms with van der Waals surface area (Å²) in [7, 11) is -1.25. The average molecular weight is 211 g/mol. The van der Waals surface area contributed by atoms with Gasteiger partial charge in [-0.05, 0) is 26.8 Å². The molecule has 1 aromatic heterocycles. The molecule has 0 unspecified atom stereocenters. The molecule has 4 nitrogen and oxygen atoms in total. The molecule has 1 rings (SSSR count). The summed E-state index contributed by atoms with van der Waals surface area (Å²) in [5, 5.41) is 0. The van der Waals surface area contributed by atoms with E-state index in [2.05, 4.69) is 14.4 Å². The van der Waals surface area contributed by atoms with Gasteiger partial charge < -0.3 is 0 Å². The molecule has 5 heteroatoms. The van der Waals surface area contributed by atoms with Crippen molar-refractivity contribution < 1.29 is 4.21 Å². The van der Waals surface area contributed by atoms with Crippen LogP contribution in [0, 0.1) is 0 Å². The molecule has 0 saturated heterocycles. The first-order valence-electron chi connectivity index (χ1n) is 4.23. The minimum Gasteiger partial charge on any atom is -0.236 e. The van der Waals surface area contributed by atoms with E-state index in [9.17, 15) is 4.21 Å². The fraction of sp³-hybridized carbons (Fsp3) is 0.444. The molecule has 0 radical (unpaired) electrons. The quantitative estimate of drug-likeness (QED) is 0.694. The molecule has 1 atom stereocenters. The zero-order valence-corrected chi connectivity index (χ0v) is 9.28. The van der Waals surface area contributed by atoms with Crippen LogP contribution in [0.3, 0.4) is 0 Å². The van der Waals surface area contributed by atoms with Crippen molar-refractivity contribution in [3.05, 3.63) is 24.3 Å². The third-order valence-corrected chi connectivity index (χ3v) is 2.72. The molecule has 1 aromatic rings. The summed E-state index contributed by atoms with van der Waals surface area (Å²) in [5.74, 6) is 0.477. The van der Waals surface area contributed by atoms with E-state index in [4.69, 9.17) is 0 Å². The molecule has 0 aliphatic rings. The summed E-state index contributed by atoms with van der Waals surface area (Å²) in [6.07, 6.45) is 4.67. The highest BCUT2D eigenvalue weighted by atomic mass is 32.2. The fourth-order valence-electron chi connectivity index (χ4n) is 0.630. The van der Waals surface area contributed by atoms with Crippen LogP contribution in [0.5, 0.6) is 0 Å². The summed E-state index contributed by atoms with van der Waals surface area (Å²) in [6, 6.07) is 1.72. The lowest BCUT2D eigenvalue weighted by Gasteiger charge is -2.12. The van der Waals surface area contributed by atoms with Gasteiger partial charge in [-0.2, -0.15) is 4.40 Å². The zero-order valence-electron chi connectivity index (χ0n) is 8.47. The van der Waals surface area contributed by atoms with Gasteiger partial charge in [-0.1, -0.05) is 0 Å². The number of rotatable bonds is 2. The van der Waals surface area contributed by atoms with E-state index in [0.717, 1.165) is 0 Å². The van der Waals surface area contributed by atoms with Crippen molar-refractivity contribution in [2.24, 2.45) is 4.40 Å². The van der Waals surface area contributed by atoms with Crippen LogP contribution in [0.2, 0.25) is 0 Å². The molecule has 0 amide bonds. The van der Waals surface area contributed by atoms with Crippen molar-refractivity contribution >= 4 is 17.2 Å². The highest BCUT2D eigenvalue weighted by Gasteiger charge is 2.18. The van der Waals surface area contributed by atoms with Crippen molar-refractivity contribution in [1.82, 2.24) is 9.97 Å². The van der Waals surface area contributed by atoms with Gasteiger partial charge in [0.25, 0.3) is 0 Å². The molecule has 0 aromatic carbocycles. The molecule has 76 valence electrons. The Morgan fingerprint density at radius 1 is 1.36 bits per heavy atom. The smallest absolute Gasteiger partial charge is 0.171 e. The Morgan fingerprint density at radius 3 is 2.43 bits per heavy atom. The summed E-state index contributed by atoms with van der Waals surface area (Å²) < 4.78 is 15.0. The van der Waals surface area contributed by atoms with E-state index >= 15 is 0 Å². The predicted octanol–water partition coefficient (Wildman–Crippen LogP) is 1.36. The highest BCUT2D eigenvalue weighted by molar-refractivity contribution is 7.85. The summed E-state index contributed by atoms with van der Waals surface area (Å²) in [6.45, 7) is 5.60. The number of nitrogens with zero attached hydrogens (tertiary/aromatic N) is 3. The second-order valence-electron chi connectivity index (χ2n) is 3.70. The van der Waals surface area contributed by atoms with Gasteiger partial charge in [-0.15, -0.1) is 0 Å². The fourth-order valence-corrected chi connectivity index (χ4v) is 1.14.